The number of nitrogens with zero attached hydrogens (tertiary/aromatic N) is 1. The second-order valence-electron chi connectivity index (χ2n) is 5.07. The van der Waals surface area contributed by atoms with E-state index >= 15 is 0 Å². The van der Waals surface area contributed by atoms with Crippen molar-refractivity contribution in [1.82, 2.24) is 0 Å². The molecule has 0 spiro atoms. The monoisotopic (exact) mass is 424 g/mol. The molecule has 0 saturated carbocycles. The molecular weight excluding hydrogens is 414 g/mol. The third-order valence-electron chi connectivity index (χ3n) is 3.03. The molecule has 0 saturated heterocycles. The smallest absolute Gasteiger partial charge is 0.245 e. The quantitative estimate of drug-likeness (QED) is 0.781. The highest BCUT2D eigenvalue weighted by Gasteiger charge is 2.22. The van der Waals surface area contributed by atoms with Crippen LogP contribution < -0.4 is 9.62 Å². The number of nitrogens with one attached hydrogen (secondary N) is 1. The molecular formula is C15H12Cl3FN2O3S. The highest BCUT2D eigenvalue weighted by atomic mass is 35.5. The number of anilines is 2. The lowest BCUT2D eigenvalue weighted by Gasteiger charge is -2.22. The van der Waals surface area contributed by atoms with Gasteiger partial charge in [-0.05, 0) is 36.4 Å². The van der Waals surface area contributed by atoms with Crippen LogP contribution in [0.4, 0.5) is 15.8 Å². The molecule has 0 bridgehead atoms. The Balaban J connectivity index is 2.25. The molecule has 5 nitrogen and oxygen atoms in total. The van der Waals surface area contributed by atoms with E-state index in [2.05, 4.69) is 5.32 Å². The Hall–Kier alpha value is -1.54. The van der Waals surface area contributed by atoms with E-state index < -0.39 is 28.3 Å². The summed E-state index contributed by atoms with van der Waals surface area (Å²) in [6.07, 6.45) is 0.924. The molecule has 0 aliphatic carbocycles. The topological polar surface area (TPSA) is 66.5 Å². The maximum atomic E-state index is 13.3. The molecule has 0 aliphatic heterocycles. The van der Waals surface area contributed by atoms with Crippen LogP contribution in [-0.2, 0) is 14.8 Å². The van der Waals surface area contributed by atoms with Crippen molar-refractivity contribution >= 4 is 62.1 Å². The molecule has 0 atom stereocenters. The summed E-state index contributed by atoms with van der Waals surface area (Å²) in [6.45, 7) is -0.537. The maximum Gasteiger partial charge on any atom is 0.245 e. The van der Waals surface area contributed by atoms with Gasteiger partial charge in [0.1, 0.15) is 12.4 Å². The van der Waals surface area contributed by atoms with Gasteiger partial charge in [0.2, 0.25) is 15.9 Å². The normalized spacial score (nSPS) is 11.2. The van der Waals surface area contributed by atoms with Gasteiger partial charge < -0.3 is 5.32 Å². The maximum absolute atomic E-state index is 13.3. The summed E-state index contributed by atoms with van der Waals surface area (Å²) >= 11 is 17.4. The summed E-state index contributed by atoms with van der Waals surface area (Å²) in [7, 11) is -3.81. The second kappa shape index (κ2) is 7.78. The molecule has 2 rings (SSSR count). The first-order chi connectivity index (χ1) is 11.6. The number of rotatable bonds is 5. The minimum Gasteiger partial charge on any atom is -0.324 e. The SMILES string of the molecule is CS(=O)(=O)N(CC(=O)Nc1cc(Cl)cc(Cl)c1)c1ccc(F)c(Cl)c1. The Labute approximate surface area is 159 Å². The summed E-state index contributed by atoms with van der Waals surface area (Å²) in [4.78, 5) is 12.2. The summed E-state index contributed by atoms with van der Waals surface area (Å²) in [6, 6.07) is 7.77. The van der Waals surface area contributed by atoms with Crippen LogP contribution in [0, 0.1) is 5.82 Å². The van der Waals surface area contributed by atoms with Crippen molar-refractivity contribution in [3.05, 3.63) is 57.3 Å². The van der Waals surface area contributed by atoms with Crippen molar-refractivity contribution in [1.29, 1.82) is 0 Å². The molecule has 0 aliphatic rings. The molecule has 0 heterocycles. The lowest BCUT2D eigenvalue weighted by molar-refractivity contribution is -0.114. The van der Waals surface area contributed by atoms with Gasteiger partial charge in [-0.3, -0.25) is 9.10 Å². The van der Waals surface area contributed by atoms with E-state index in [-0.39, 0.29) is 10.7 Å². The molecule has 2 aromatic rings. The summed E-state index contributed by atoms with van der Waals surface area (Å²) < 4.78 is 38.1. The molecule has 134 valence electrons. The number of carbonyl (C=O) groups is 1. The fourth-order valence-corrected chi connectivity index (χ4v) is 3.55. The van der Waals surface area contributed by atoms with Gasteiger partial charge in [0.25, 0.3) is 0 Å². The number of amides is 1. The number of sulfonamides is 1. The molecule has 1 amide bonds. The number of carbonyl (C=O) groups excluding carboxylic acids is 1. The molecule has 25 heavy (non-hydrogen) atoms. The van der Waals surface area contributed by atoms with Gasteiger partial charge in [-0.25, -0.2) is 12.8 Å². The molecule has 10 heteroatoms. The van der Waals surface area contributed by atoms with Gasteiger partial charge in [-0.2, -0.15) is 0 Å². The lowest BCUT2D eigenvalue weighted by atomic mass is 10.3. The van der Waals surface area contributed by atoms with Crippen LogP contribution in [0.25, 0.3) is 0 Å². The van der Waals surface area contributed by atoms with E-state index in [0.29, 0.717) is 15.7 Å². The molecule has 2 aromatic carbocycles. The molecule has 0 unspecified atom stereocenters. The Morgan fingerprint density at radius 2 is 1.72 bits per heavy atom. The standard InChI is InChI=1S/C15H12Cl3FN2O3S/c1-25(23,24)21(12-2-3-14(19)13(18)7-12)8-15(22)20-11-5-9(16)4-10(17)6-11/h2-7H,8H2,1H3,(H,20,22). The van der Waals surface area contributed by atoms with Gasteiger partial charge in [-0.1, -0.05) is 34.8 Å². The van der Waals surface area contributed by atoms with Gasteiger partial charge in [0, 0.05) is 15.7 Å². The van der Waals surface area contributed by atoms with Gasteiger partial charge >= 0.3 is 0 Å². The first-order valence-electron chi connectivity index (χ1n) is 6.75. The highest BCUT2D eigenvalue weighted by molar-refractivity contribution is 7.92. The molecule has 0 fully saturated rings. The van der Waals surface area contributed by atoms with Crippen LogP contribution in [0.5, 0.6) is 0 Å². The van der Waals surface area contributed by atoms with Gasteiger partial charge in [0.05, 0.1) is 17.0 Å². The predicted octanol–water partition coefficient (Wildman–Crippen LogP) is 4.19. The Bertz CT molecular complexity index is 902. The van der Waals surface area contributed by atoms with Crippen LogP contribution in [0.2, 0.25) is 15.1 Å². The largest absolute Gasteiger partial charge is 0.324 e. The zero-order chi connectivity index (χ0) is 18.8. The van der Waals surface area contributed by atoms with Gasteiger partial charge in [-0.15, -0.1) is 0 Å². The van der Waals surface area contributed by atoms with Crippen molar-refractivity contribution < 1.29 is 17.6 Å². The van der Waals surface area contributed by atoms with E-state index in [0.717, 1.165) is 22.7 Å². The number of hydrogen-bond acceptors (Lipinski definition) is 3. The van der Waals surface area contributed by atoms with Crippen molar-refractivity contribution in [2.24, 2.45) is 0 Å². The van der Waals surface area contributed by atoms with Crippen molar-refractivity contribution in [2.75, 3.05) is 22.4 Å². The van der Waals surface area contributed by atoms with E-state index in [1.165, 1.54) is 24.3 Å². The van der Waals surface area contributed by atoms with Gasteiger partial charge in [0.15, 0.2) is 0 Å². The highest BCUT2D eigenvalue weighted by Crippen LogP contribution is 2.25. The van der Waals surface area contributed by atoms with E-state index in [1.54, 1.807) is 0 Å². The summed E-state index contributed by atoms with van der Waals surface area (Å²) in [5.41, 5.74) is 0.376. The zero-order valence-electron chi connectivity index (χ0n) is 12.8. The first kappa shape index (κ1) is 19.8. The van der Waals surface area contributed by atoms with Crippen molar-refractivity contribution in [3.8, 4) is 0 Å². The fraction of sp³-hybridized carbons (Fsp3) is 0.133. The Kier molecular flexibility index (Phi) is 6.16. The minimum atomic E-state index is -3.81. The van der Waals surface area contributed by atoms with E-state index in [9.17, 15) is 17.6 Å². The first-order valence-corrected chi connectivity index (χ1v) is 9.73. The van der Waals surface area contributed by atoms with Crippen LogP contribution in [0.15, 0.2) is 36.4 Å². The average Bonchev–Trinajstić information content (AvgIpc) is 2.45. The average molecular weight is 426 g/mol. The zero-order valence-corrected chi connectivity index (χ0v) is 15.8. The van der Waals surface area contributed by atoms with Crippen LogP contribution in [0.3, 0.4) is 0 Å². The minimum absolute atomic E-state index is 0.0631. The third-order valence-corrected chi connectivity index (χ3v) is 4.89. The number of benzene rings is 2. The van der Waals surface area contributed by atoms with E-state index in [4.69, 9.17) is 34.8 Å². The van der Waals surface area contributed by atoms with Crippen LogP contribution in [-0.4, -0.2) is 27.1 Å². The van der Waals surface area contributed by atoms with Crippen LogP contribution >= 0.6 is 34.8 Å². The number of hydrogen-bond donors (Lipinski definition) is 1. The fourth-order valence-electron chi connectivity index (χ4n) is 2.00. The van der Waals surface area contributed by atoms with Crippen molar-refractivity contribution in [2.45, 2.75) is 0 Å². The Morgan fingerprint density at radius 1 is 1.12 bits per heavy atom. The van der Waals surface area contributed by atoms with Crippen molar-refractivity contribution in [3.63, 3.8) is 0 Å². The van der Waals surface area contributed by atoms with E-state index in [1.807, 2.05) is 0 Å². The lowest BCUT2D eigenvalue weighted by Crippen LogP contribution is -2.37. The predicted molar refractivity (Wildman–Crippen MR) is 98.7 cm³/mol. The third kappa shape index (κ3) is 5.47. The van der Waals surface area contributed by atoms with Crippen LogP contribution in [0.1, 0.15) is 0 Å². The molecule has 0 radical (unpaired) electrons. The second-order valence-corrected chi connectivity index (χ2v) is 8.26. The molecule has 1 N–H and O–H groups in total. The summed E-state index contributed by atoms with van der Waals surface area (Å²) in [5, 5.41) is 2.87. The molecule has 0 aromatic heterocycles. The number of halogens is 4. The Morgan fingerprint density at radius 3 is 2.24 bits per heavy atom. The summed E-state index contributed by atoms with van der Waals surface area (Å²) in [5.74, 6) is -1.33.